The molecule has 1 fully saturated rings. The Hall–Kier alpha value is -2.49. The standard InChI is InChI=1S/C23H28ClN5O3S/c1-13(2)17-11-28(12-17)33(31,32)18-6-7-20(15(5)8-18)26-23-25-10-16-9-19(24)22(30)29(14(3)4)21(16)27-23/h6-10,13-14,17H,11-12H2,1-5H3,(H,25,26,27). The molecule has 0 radical (unpaired) electrons. The maximum Gasteiger partial charge on any atom is 0.271 e. The van der Waals surface area contributed by atoms with Crippen LogP contribution in [0.15, 0.2) is 40.2 Å². The number of rotatable bonds is 6. The molecule has 3 heterocycles. The summed E-state index contributed by atoms with van der Waals surface area (Å²) in [7, 11) is -3.51. The van der Waals surface area contributed by atoms with Gasteiger partial charge in [-0.2, -0.15) is 9.29 Å². The Morgan fingerprint density at radius 1 is 1.15 bits per heavy atom. The van der Waals surface area contributed by atoms with E-state index in [1.165, 1.54) is 8.87 Å². The van der Waals surface area contributed by atoms with Crippen molar-refractivity contribution >= 4 is 44.3 Å². The number of halogens is 1. The lowest BCUT2D eigenvalue weighted by atomic mass is 9.91. The van der Waals surface area contributed by atoms with Crippen LogP contribution in [0.4, 0.5) is 11.6 Å². The summed E-state index contributed by atoms with van der Waals surface area (Å²) in [6.45, 7) is 11.0. The van der Waals surface area contributed by atoms with Crippen molar-refractivity contribution in [3.63, 3.8) is 0 Å². The van der Waals surface area contributed by atoms with Gasteiger partial charge in [0.25, 0.3) is 5.56 Å². The first-order valence-corrected chi connectivity index (χ1v) is 12.8. The van der Waals surface area contributed by atoms with Gasteiger partial charge in [-0.3, -0.25) is 9.36 Å². The molecule has 0 unspecified atom stereocenters. The number of nitrogens with zero attached hydrogens (tertiary/aromatic N) is 4. The van der Waals surface area contributed by atoms with E-state index in [1.807, 2.05) is 20.8 Å². The minimum absolute atomic E-state index is 0.120. The Morgan fingerprint density at radius 3 is 2.45 bits per heavy atom. The monoisotopic (exact) mass is 489 g/mol. The molecule has 176 valence electrons. The van der Waals surface area contributed by atoms with Gasteiger partial charge in [0.1, 0.15) is 10.7 Å². The van der Waals surface area contributed by atoms with Crippen molar-refractivity contribution in [3.05, 3.63) is 51.4 Å². The zero-order valence-electron chi connectivity index (χ0n) is 19.3. The second-order valence-electron chi connectivity index (χ2n) is 9.16. The van der Waals surface area contributed by atoms with E-state index in [0.717, 1.165) is 5.56 Å². The third-order valence-electron chi connectivity index (χ3n) is 6.15. The van der Waals surface area contributed by atoms with Gasteiger partial charge in [0.2, 0.25) is 16.0 Å². The summed E-state index contributed by atoms with van der Waals surface area (Å²) in [5.41, 5.74) is 1.61. The summed E-state index contributed by atoms with van der Waals surface area (Å²) in [6.07, 6.45) is 1.61. The van der Waals surface area contributed by atoms with Gasteiger partial charge in [0, 0.05) is 36.4 Å². The summed E-state index contributed by atoms with van der Waals surface area (Å²) in [4.78, 5) is 21.7. The molecule has 0 atom stereocenters. The van der Waals surface area contributed by atoms with Gasteiger partial charge in [0.15, 0.2) is 0 Å². The summed E-state index contributed by atoms with van der Waals surface area (Å²) in [5, 5.41) is 3.92. The van der Waals surface area contributed by atoms with Crippen LogP contribution < -0.4 is 10.9 Å². The lowest BCUT2D eigenvalue weighted by Crippen LogP contribution is -2.51. The molecule has 2 aromatic heterocycles. The Balaban J connectivity index is 1.62. The summed E-state index contributed by atoms with van der Waals surface area (Å²) >= 11 is 6.08. The Kier molecular flexibility index (Phi) is 6.24. The van der Waals surface area contributed by atoms with Gasteiger partial charge in [-0.25, -0.2) is 13.4 Å². The Labute approximate surface area is 198 Å². The number of aryl methyl sites for hydroxylation is 1. The predicted molar refractivity (Wildman–Crippen MR) is 131 cm³/mol. The molecule has 0 aliphatic carbocycles. The molecule has 3 aromatic rings. The molecular formula is C23H28ClN5O3S. The van der Waals surface area contributed by atoms with Gasteiger partial charge >= 0.3 is 0 Å². The molecule has 0 spiro atoms. The number of anilines is 2. The number of hydrogen-bond donors (Lipinski definition) is 1. The normalized spacial score (nSPS) is 15.4. The van der Waals surface area contributed by atoms with Crippen LogP contribution in [0.1, 0.15) is 39.3 Å². The average molecular weight is 490 g/mol. The van der Waals surface area contributed by atoms with E-state index in [1.54, 1.807) is 30.5 Å². The molecule has 1 aromatic carbocycles. The first kappa shape index (κ1) is 23.7. The molecular weight excluding hydrogens is 462 g/mol. The number of pyridine rings is 1. The van der Waals surface area contributed by atoms with Gasteiger partial charge in [-0.15, -0.1) is 0 Å². The highest BCUT2D eigenvalue weighted by Gasteiger charge is 2.38. The molecule has 1 saturated heterocycles. The molecule has 4 rings (SSSR count). The Morgan fingerprint density at radius 2 is 1.85 bits per heavy atom. The first-order chi connectivity index (χ1) is 15.5. The van der Waals surface area contributed by atoms with E-state index in [-0.39, 0.29) is 21.5 Å². The molecule has 0 saturated carbocycles. The van der Waals surface area contributed by atoms with Crippen molar-refractivity contribution in [1.82, 2.24) is 18.8 Å². The number of aromatic nitrogens is 3. The average Bonchev–Trinajstić information content (AvgIpc) is 2.68. The molecule has 1 aliphatic rings. The van der Waals surface area contributed by atoms with Crippen LogP contribution in [-0.2, 0) is 10.0 Å². The maximum absolute atomic E-state index is 12.9. The highest BCUT2D eigenvalue weighted by molar-refractivity contribution is 7.89. The highest BCUT2D eigenvalue weighted by Crippen LogP contribution is 2.31. The van der Waals surface area contributed by atoms with E-state index < -0.39 is 10.0 Å². The molecule has 1 N–H and O–H groups in total. The van der Waals surface area contributed by atoms with Gasteiger partial charge in [0.05, 0.1) is 4.90 Å². The Bertz CT molecular complexity index is 1380. The smallest absolute Gasteiger partial charge is 0.271 e. The van der Waals surface area contributed by atoms with Gasteiger partial charge < -0.3 is 5.32 Å². The minimum atomic E-state index is -3.51. The number of fused-ring (bicyclic) bond motifs is 1. The molecule has 10 heteroatoms. The van der Waals surface area contributed by atoms with Gasteiger partial charge in [-0.05, 0) is 62.4 Å². The number of hydrogen-bond acceptors (Lipinski definition) is 6. The van der Waals surface area contributed by atoms with Gasteiger partial charge in [-0.1, -0.05) is 25.4 Å². The van der Waals surface area contributed by atoms with Crippen molar-refractivity contribution < 1.29 is 8.42 Å². The van der Waals surface area contributed by atoms with Crippen LogP contribution >= 0.6 is 11.6 Å². The molecule has 0 bridgehead atoms. The molecule has 33 heavy (non-hydrogen) atoms. The summed E-state index contributed by atoms with van der Waals surface area (Å²) in [5.74, 6) is 1.18. The highest BCUT2D eigenvalue weighted by atomic mass is 35.5. The first-order valence-electron chi connectivity index (χ1n) is 10.9. The zero-order valence-corrected chi connectivity index (χ0v) is 20.9. The predicted octanol–water partition coefficient (Wildman–Crippen LogP) is 4.35. The topological polar surface area (TPSA) is 97.2 Å². The van der Waals surface area contributed by atoms with E-state index in [2.05, 4.69) is 29.1 Å². The fourth-order valence-corrected chi connectivity index (χ4v) is 5.77. The second-order valence-corrected chi connectivity index (χ2v) is 11.5. The van der Waals surface area contributed by atoms with Crippen LogP contribution in [0.5, 0.6) is 0 Å². The van der Waals surface area contributed by atoms with Crippen LogP contribution in [0.25, 0.3) is 11.0 Å². The van der Waals surface area contributed by atoms with E-state index in [4.69, 9.17) is 11.6 Å². The van der Waals surface area contributed by atoms with E-state index >= 15 is 0 Å². The van der Waals surface area contributed by atoms with Crippen molar-refractivity contribution in [1.29, 1.82) is 0 Å². The number of nitrogens with one attached hydrogen (secondary N) is 1. The van der Waals surface area contributed by atoms with Crippen molar-refractivity contribution in [2.24, 2.45) is 11.8 Å². The number of benzene rings is 1. The van der Waals surface area contributed by atoms with Crippen LogP contribution in [-0.4, -0.2) is 40.3 Å². The fourth-order valence-electron chi connectivity index (χ4n) is 3.92. The zero-order chi connectivity index (χ0) is 24.1. The van der Waals surface area contributed by atoms with E-state index in [0.29, 0.717) is 47.6 Å². The SMILES string of the molecule is Cc1cc(S(=O)(=O)N2CC(C(C)C)C2)ccc1Nc1ncc2cc(Cl)c(=O)n(C(C)C)c2n1. The largest absolute Gasteiger partial charge is 0.324 e. The van der Waals surface area contributed by atoms with Crippen LogP contribution in [0, 0.1) is 18.8 Å². The van der Waals surface area contributed by atoms with Crippen LogP contribution in [0.3, 0.4) is 0 Å². The second kappa shape index (κ2) is 8.70. The minimum Gasteiger partial charge on any atom is -0.324 e. The fraction of sp³-hybridized carbons (Fsp3) is 0.435. The van der Waals surface area contributed by atoms with Crippen molar-refractivity contribution in [2.75, 3.05) is 18.4 Å². The molecule has 1 aliphatic heterocycles. The maximum atomic E-state index is 12.9. The quantitative estimate of drug-likeness (QED) is 0.552. The van der Waals surface area contributed by atoms with Crippen molar-refractivity contribution in [2.45, 2.75) is 45.6 Å². The summed E-state index contributed by atoms with van der Waals surface area (Å²) in [6, 6.07) is 6.40. The van der Waals surface area contributed by atoms with E-state index in [9.17, 15) is 13.2 Å². The summed E-state index contributed by atoms with van der Waals surface area (Å²) < 4.78 is 29.0. The van der Waals surface area contributed by atoms with Crippen LogP contribution in [0.2, 0.25) is 5.02 Å². The van der Waals surface area contributed by atoms with Crippen molar-refractivity contribution in [3.8, 4) is 0 Å². The lowest BCUT2D eigenvalue weighted by molar-refractivity contribution is 0.152. The number of sulfonamides is 1. The molecule has 0 amide bonds. The lowest BCUT2D eigenvalue weighted by Gasteiger charge is -2.40. The third-order valence-corrected chi connectivity index (χ3v) is 8.25. The third kappa shape index (κ3) is 4.37. The molecule has 8 nitrogen and oxygen atoms in total.